The van der Waals surface area contributed by atoms with E-state index in [-0.39, 0.29) is 5.41 Å². The number of rotatable bonds is 1. The summed E-state index contributed by atoms with van der Waals surface area (Å²) in [5.74, 6) is 6.52. The summed E-state index contributed by atoms with van der Waals surface area (Å²) < 4.78 is 0. The Morgan fingerprint density at radius 3 is 2.67 bits per heavy atom. The first-order valence-corrected chi connectivity index (χ1v) is 10.9. The SMILES string of the molecule is C#C[C@@H]1CC[C@H]2[C@@H]3CCC4CC(=O)CCC4=C3[C@@H](c3ccccc3)C[C@]12C. The molecule has 27 heavy (non-hydrogen) atoms. The van der Waals surface area contributed by atoms with Crippen molar-refractivity contribution in [1.29, 1.82) is 0 Å². The fraction of sp³-hybridized carbons (Fsp3) is 0.577. The number of allylic oxidation sites excluding steroid dienone is 2. The standard InChI is InChI=1S/C26H30O/c1-3-19-10-14-24-22-12-9-18-15-20(27)11-13-21(18)25(22)23(16-26(19,24)2)17-7-5-4-6-8-17/h1,4-8,18-19,22-24H,9-16H2,2H3/t18?,19-,22+,23-,24+,26-/m1/s1. The van der Waals surface area contributed by atoms with Gasteiger partial charge >= 0.3 is 0 Å². The van der Waals surface area contributed by atoms with Gasteiger partial charge in [0.15, 0.2) is 0 Å². The lowest BCUT2D eigenvalue weighted by Gasteiger charge is -2.53. The average molecular weight is 359 g/mol. The van der Waals surface area contributed by atoms with Crippen LogP contribution in [0.4, 0.5) is 0 Å². The molecule has 1 nitrogen and oxygen atoms in total. The van der Waals surface area contributed by atoms with Crippen molar-refractivity contribution in [1.82, 2.24) is 0 Å². The van der Waals surface area contributed by atoms with Crippen LogP contribution in [0.25, 0.3) is 0 Å². The van der Waals surface area contributed by atoms with Crippen LogP contribution in [0, 0.1) is 41.4 Å². The van der Waals surface area contributed by atoms with Crippen molar-refractivity contribution >= 4 is 5.78 Å². The van der Waals surface area contributed by atoms with E-state index in [0.717, 1.165) is 25.2 Å². The van der Waals surface area contributed by atoms with Crippen LogP contribution in [0.3, 0.4) is 0 Å². The number of hydrogen-bond acceptors (Lipinski definition) is 1. The summed E-state index contributed by atoms with van der Waals surface area (Å²) in [6.07, 6.45) is 14.7. The third-order valence-electron chi connectivity index (χ3n) is 8.55. The second-order valence-electron chi connectivity index (χ2n) is 9.68. The molecule has 3 saturated carbocycles. The summed E-state index contributed by atoms with van der Waals surface area (Å²) in [6, 6.07) is 11.1. The monoisotopic (exact) mass is 358 g/mol. The third-order valence-corrected chi connectivity index (χ3v) is 8.55. The largest absolute Gasteiger partial charge is 0.300 e. The van der Waals surface area contributed by atoms with Gasteiger partial charge in [-0.25, -0.2) is 0 Å². The lowest BCUT2D eigenvalue weighted by molar-refractivity contribution is -0.120. The average Bonchev–Trinajstić information content (AvgIpc) is 3.03. The van der Waals surface area contributed by atoms with E-state index in [9.17, 15) is 4.79 Å². The van der Waals surface area contributed by atoms with Crippen LogP contribution in [0.1, 0.15) is 69.8 Å². The van der Waals surface area contributed by atoms with Gasteiger partial charge in [-0.15, -0.1) is 12.3 Å². The van der Waals surface area contributed by atoms with Gasteiger partial charge in [-0.05, 0) is 67.3 Å². The molecule has 4 aliphatic rings. The Morgan fingerprint density at radius 1 is 1.07 bits per heavy atom. The van der Waals surface area contributed by atoms with Crippen LogP contribution >= 0.6 is 0 Å². The van der Waals surface area contributed by atoms with E-state index in [2.05, 4.69) is 43.2 Å². The topological polar surface area (TPSA) is 17.1 Å². The second-order valence-corrected chi connectivity index (χ2v) is 9.68. The predicted molar refractivity (Wildman–Crippen MR) is 109 cm³/mol. The maximum atomic E-state index is 12.1. The number of terminal acetylenes is 1. The van der Waals surface area contributed by atoms with Crippen molar-refractivity contribution in [2.75, 3.05) is 0 Å². The second kappa shape index (κ2) is 6.37. The van der Waals surface area contributed by atoms with E-state index in [1.807, 2.05) is 0 Å². The Morgan fingerprint density at radius 2 is 1.89 bits per heavy atom. The van der Waals surface area contributed by atoms with Gasteiger partial charge in [0, 0.05) is 24.7 Å². The molecule has 0 aromatic heterocycles. The summed E-state index contributed by atoms with van der Waals surface area (Å²) in [7, 11) is 0. The van der Waals surface area contributed by atoms with Crippen molar-refractivity contribution in [2.45, 2.75) is 64.2 Å². The van der Waals surface area contributed by atoms with Gasteiger partial charge in [0.1, 0.15) is 5.78 Å². The summed E-state index contributed by atoms with van der Waals surface area (Å²) in [5.41, 5.74) is 5.14. The lowest BCUT2D eigenvalue weighted by atomic mass is 9.51. The normalized spacial score (nSPS) is 40.7. The maximum absolute atomic E-state index is 12.1. The van der Waals surface area contributed by atoms with E-state index >= 15 is 0 Å². The molecule has 5 rings (SSSR count). The van der Waals surface area contributed by atoms with E-state index in [1.54, 1.807) is 11.1 Å². The molecular weight excluding hydrogens is 328 g/mol. The zero-order valence-corrected chi connectivity index (χ0v) is 16.4. The number of benzene rings is 1. The minimum atomic E-state index is 0.265. The van der Waals surface area contributed by atoms with Crippen LogP contribution in [-0.4, -0.2) is 5.78 Å². The Balaban J connectivity index is 1.65. The maximum Gasteiger partial charge on any atom is 0.133 e. The molecule has 1 aromatic carbocycles. The number of hydrogen-bond donors (Lipinski definition) is 0. The van der Waals surface area contributed by atoms with Gasteiger partial charge in [0.05, 0.1) is 0 Å². The van der Waals surface area contributed by atoms with Crippen molar-refractivity contribution in [3.63, 3.8) is 0 Å². The van der Waals surface area contributed by atoms with Crippen molar-refractivity contribution in [3.8, 4) is 12.3 Å². The summed E-state index contributed by atoms with van der Waals surface area (Å²) >= 11 is 0. The zero-order chi connectivity index (χ0) is 18.6. The molecule has 0 aliphatic heterocycles. The number of fused-ring (bicyclic) bond motifs is 4. The molecule has 3 fully saturated rings. The molecule has 4 aliphatic carbocycles. The van der Waals surface area contributed by atoms with Crippen LogP contribution in [0.15, 0.2) is 41.5 Å². The molecule has 0 N–H and O–H groups in total. The summed E-state index contributed by atoms with van der Waals surface area (Å²) in [5, 5.41) is 0. The highest BCUT2D eigenvalue weighted by Gasteiger charge is 2.56. The van der Waals surface area contributed by atoms with Crippen LogP contribution < -0.4 is 0 Å². The van der Waals surface area contributed by atoms with Crippen molar-refractivity contribution in [2.24, 2.45) is 29.1 Å². The Hall–Kier alpha value is -1.81. The first-order chi connectivity index (χ1) is 13.1. The van der Waals surface area contributed by atoms with Gasteiger partial charge < -0.3 is 0 Å². The highest BCUT2D eigenvalue weighted by Crippen LogP contribution is 2.65. The summed E-state index contributed by atoms with van der Waals surface area (Å²) in [6.45, 7) is 2.49. The Bertz CT molecular complexity index is 826. The number of carbonyl (C=O) groups is 1. The third kappa shape index (κ3) is 2.56. The molecule has 0 saturated heterocycles. The molecule has 0 bridgehead atoms. The fourth-order valence-electron chi connectivity index (χ4n) is 7.33. The van der Waals surface area contributed by atoms with Crippen LogP contribution in [0.2, 0.25) is 0 Å². The highest BCUT2D eigenvalue weighted by atomic mass is 16.1. The molecule has 0 radical (unpaired) electrons. The van der Waals surface area contributed by atoms with E-state index in [4.69, 9.17) is 6.42 Å². The zero-order valence-electron chi connectivity index (χ0n) is 16.4. The molecule has 6 atom stereocenters. The molecule has 0 heterocycles. The van der Waals surface area contributed by atoms with E-state index in [0.29, 0.717) is 29.5 Å². The van der Waals surface area contributed by atoms with Crippen LogP contribution in [0.5, 0.6) is 0 Å². The lowest BCUT2D eigenvalue weighted by Crippen LogP contribution is -2.44. The van der Waals surface area contributed by atoms with E-state index < -0.39 is 0 Å². The van der Waals surface area contributed by atoms with Crippen LogP contribution in [-0.2, 0) is 4.79 Å². The molecule has 0 amide bonds. The minimum Gasteiger partial charge on any atom is -0.300 e. The minimum absolute atomic E-state index is 0.265. The van der Waals surface area contributed by atoms with Crippen molar-refractivity contribution < 1.29 is 4.79 Å². The molecule has 0 spiro atoms. The predicted octanol–water partition coefficient (Wildman–Crippen LogP) is 5.92. The molecule has 140 valence electrons. The quantitative estimate of drug-likeness (QED) is 0.450. The molecular formula is C26H30O. The Kier molecular flexibility index (Phi) is 4.08. The first-order valence-electron chi connectivity index (χ1n) is 10.9. The van der Waals surface area contributed by atoms with Gasteiger partial charge in [-0.2, -0.15) is 0 Å². The van der Waals surface area contributed by atoms with Crippen molar-refractivity contribution in [3.05, 3.63) is 47.0 Å². The number of ketones is 1. The van der Waals surface area contributed by atoms with E-state index in [1.165, 1.54) is 37.7 Å². The summed E-state index contributed by atoms with van der Waals surface area (Å²) in [4.78, 5) is 12.1. The Labute approximate surface area is 163 Å². The van der Waals surface area contributed by atoms with Gasteiger partial charge in [0.25, 0.3) is 0 Å². The van der Waals surface area contributed by atoms with Gasteiger partial charge in [-0.3, -0.25) is 4.79 Å². The molecule has 1 heteroatoms. The van der Waals surface area contributed by atoms with Gasteiger partial charge in [0.2, 0.25) is 0 Å². The smallest absolute Gasteiger partial charge is 0.133 e. The first kappa shape index (κ1) is 17.3. The fourth-order valence-corrected chi connectivity index (χ4v) is 7.33. The number of Topliss-reactive ketones (excluding diaryl/α,β-unsaturated/α-hetero) is 1. The number of carbonyl (C=O) groups excluding carboxylic acids is 1. The van der Waals surface area contributed by atoms with Gasteiger partial charge in [-0.1, -0.05) is 48.4 Å². The molecule has 1 aromatic rings. The molecule has 1 unspecified atom stereocenters. The highest BCUT2D eigenvalue weighted by molar-refractivity contribution is 5.80.